The molecular weight excluding hydrogens is 518 g/mol. The van der Waals surface area contributed by atoms with E-state index in [4.69, 9.17) is 23.4 Å². The highest BCUT2D eigenvalue weighted by molar-refractivity contribution is 9.10. The van der Waals surface area contributed by atoms with Crippen LogP contribution in [-0.4, -0.2) is 50.8 Å². The summed E-state index contributed by atoms with van der Waals surface area (Å²) in [5, 5.41) is 0. The van der Waals surface area contributed by atoms with Crippen molar-refractivity contribution in [3.05, 3.63) is 75.7 Å². The first-order valence-electron chi connectivity index (χ1n) is 11.2. The monoisotopic (exact) mass is 543 g/mol. The average Bonchev–Trinajstić information content (AvgIpc) is 3.32. The van der Waals surface area contributed by atoms with Gasteiger partial charge in [-0.3, -0.25) is 4.79 Å². The van der Waals surface area contributed by atoms with Gasteiger partial charge in [0.25, 0.3) is 5.91 Å². The molecule has 0 fully saturated rings. The maximum absolute atomic E-state index is 13.4. The molecule has 1 atom stereocenters. The Balaban J connectivity index is 1.63. The molecular formula is C26H26BrNO7. The van der Waals surface area contributed by atoms with Gasteiger partial charge in [0.15, 0.2) is 21.9 Å². The van der Waals surface area contributed by atoms with E-state index < -0.39 is 6.04 Å². The minimum absolute atomic E-state index is 0.189. The average molecular weight is 544 g/mol. The summed E-state index contributed by atoms with van der Waals surface area (Å²) in [6, 6.07) is 13.5. The van der Waals surface area contributed by atoms with Gasteiger partial charge in [0.1, 0.15) is 12.4 Å². The second kappa shape index (κ2) is 10.9. The molecule has 0 saturated carbocycles. The highest BCUT2D eigenvalue weighted by Gasteiger charge is 2.34. The zero-order valence-corrected chi connectivity index (χ0v) is 21.3. The summed E-state index contributed by atoms with van der Waals surface area (Å²) in [6.07, 6.45) is 0.647. The van der Waals surface area contributed by atoms with E-state index in [2.05, 4.69) is 15.9 Å². The number of hydrogen-bond donors (Lipinski definition) is 0. The number of esters is 1. The van der Waals surface area contributed by atoms with E-state index in [9.17, 15) is 9.59 Å². The molecule has 1 aliphatic rings. The Hall–Kier alpha value is -3.46. The van der Waals surface area contributed by atoms with Crippen molar-refractivity contribution in [3.8, 4) is 17.2 Å². The Labute approximate surface area is 211 Å². The molecule has 0 spiro atoms. The first-order chi connectivity index (χ1) is 16.9. The molecule has 184 valence electrons. The predicted molar refractivity (Wildman–Crippen MR) is 131 cm³/mol. The SMILES string of the molecule is CCOC(=O)c1ccc(OC[C@H]2c3cc(OC)c(OC)cc3CCN2C(=O)c2ccc(Br)o2)cc1. The Morgan fingerprint density at radius 2 is 1.77 bits per heavy atom. The minimum atomic E-state index is -0.403. The highest BCUT2D eigenvalue weighted by atomic mass is 79.9. The number of methoxy groups -OCH3 is 2. The zero-order valence-electron chi connectivity index (χ0n) is 19.7. The van der Waals surface area contributed by atoms with Gasteiger partial charge in [-0.2, -0.15) is 0 Å². The highest BCUT2D eigenvalue weighted by Crippen LogP contribution is 2.39. The number of furan rings is 1. The zero-order chi connectivity index (χ0) is 24.9. The van der Waals surface area contributed by atoms with Crippen molar-refractivity contribution in [2.45, 2.75) is 19.4 Å². The van der Waals surface area contributed by atoms with Gasteiger partial charge in [-0.05, 0) is 88.9 Å². The van der Waals surface area contributed by atoms with Crippen molar-refractivity contribution in [3.63, 3.8) is 0 Å². The molecule has 0 bridgehead atoms. The molecule has 9 heteroatoms. The van der Waals surface area contributed by atoms with Crippen LogP contribution < -0.4 is 14.2 Å². The number of ether oxygens (including phenoxy) is 4. The van der Waals surface area contributed by atoms with Crippen LogP contribution in [0.3, 0.4) is 0 Å². The van der Waals surface area contributed by atoms with Gasteiger partial charge in [-0.25, -0.2) is 4.79 Å². The fourth-order valence-corrected chi connectivity index (χ4v) is 4.41. The van der Waals surface area contributed by atoms with Gasteiger partial charge >= 0.3 is 5.97 Å². The number of hydrogen-bond acceptors (Lipinski definition) is 7. The van der Waals surface area contributed by atoms with Crippen LogP contribution in [0.5, 0.6) is 17.2 Å². The summed E-state index contributed by atoms with van der Waals surface area (Å²) in [5.74, 6) is 1.40. The third-order valence-corrected chi connectivity index (χ3v) is 6.25. The molecule has 0 saturated heterocycles. The summed E-state index contributed by atoms with van der Waals surface area (Å²) in [4.78, 5) is 27.0. The van der Waals surface area contributed by atoms with Crippen LogP contribution in [-0.2, 0) is 11.2 Å². The van der Waals surface area contributed by atoms with Gasteiger partial charge in [-0.1, -0.05) is 0 Å². The quantitative estimate of drug-likeness (QED) is 0.367. The largest absolute Gasteiger partial charge is 0.493 e. The molecule has 1 amide bonds. The Kier molecular flexibility index (Phi) is 7.65. The lowest BCUT2D eigenvalue weighted by molar-refractivity contribution is 0.0523. The van der Waals surface area contributed by atoms with E-state index in [-0.39, 0.29) is 24.2 Å². The number of fused-ring (bicyclic) bond motifs is 1. The van der Waals surface area contributed by atoms with Crippen LogP contribution in [0.15, 0.2) is 57.6 Å². The van der Waals surface area contributed by atoms with Crippen molar-refractivity contribution >= 4 is 27.8 Å². The molecule has 2 heterocycles. The first-order valence-corrected chi connectivity index (χ1v) is 12.0. The molecule has 35 heavy (non-hydrogen) atoms. The summed E-state index contributed by atoms with van der Waals surface area (Å²) < 4.78 is 28.1. The van der Waals surface area contributed by atoms with Gasteiger partial charge in [0, 0.05) is 6.54 Å². The maximum atomic E-state index is 13.4. The van der Waals surface area contributed by atoms with E-state index >= 15 is 0 Å². The van der Waals surface area contributed by atoms with Crippen molar-refractivity contribution in [1.29, 1.82) is 0 Å². The molecule has 0 unspecified atom stereocenters. The van der Waals surface area contributed by atoms with Crippen LogP contribution in [0.25, 0.3) is 0 Å². The molecule has 0 radical (unpaired) electrons. The minimum Gasteiger partial charge on any atom is -0.493 e. The molecule has 1 aliphatic heterocycles. The fraction of sp³-hybridized carbons (Fsp3) is 0.308. The van der Waals surface area contributed by atoms with Crippen LogP contribution in [0.4, 0.5) is 0 Å². The van der Waals surface area contributed by atoms with E-state index in [1.54, 1.807) is 62.4 Å². The van der Waals surface area contributed by atoms with E-state index in [0.717, 1.165) is 11.1 Å². The van der Waals surface area contributed by atoms with Crippen molar-refractivity contribution in [1.82, 2.24) is 4.90 Å². The summed E-state index contributed by atoms with van der Waals surface area (Å²) in [5.41, 5.74) is 2.41. The standard InChI is InChI=1S/C26H26BrNO7/c1-4-33-26(30)16-5-7-18(8-6-16)34-15-20-19-14-23(32-3)22(31-2)13-17(19)11-12-28(20)25(29)21-9-10-24(27)35-21/h5-10,13-14,20H,4,11-12,15H2,1-3H3/t20-/m0/s1. The van der Waals surface area contributed by atoms with Crippen molar-refractivity contribution in [2.75, 3.05) is 34.0 Å². The smallest absolute Gasteiger partial charge is 0.338 e. The molecule has 4 rings (SSSR count). The lowest BCUT2D eigenvalue weighted by Crippen LogP contribution is -2.42. The van der Waals surface area contributed by atoms with Crippen LogP contribution in [0, 0.1) is 0 Å². The molecule has 0 N–H and O–H groups in total. The first kappa shape index (κ1) is 24.7. The number of rotatable bonds is 8. The van der Waals surface area contributed by atoms with Crippen LogP contribution in [0.2, 0.25) is 0 Å². The number of halogens is 1. The van der Waals surface area contributed by atoms with Gasteiger partial charge in [0.2, 0.25) is 0 Å². The lowest BCUT2D eigenvalue weighted by atomic mass is 9.92. The third kappa shape index (κ3) is 5.30. The Morgan fingerprint density at radius 3 is 2.40 bits per heavy atom. The van der Waals surface area contributed by atoms with Crippen molar-refractivity contribution < 1.29 is 33.0 Å². The maximum Gasteiger partial charge on any atom is 0.338 e. The van der Waals surface area contributed by atoms with Gasteiger partial charge in [0.05, 0.1) is 32.4 Å². The summed E-state index contributed by atoms with van der Waals surface area (Å²) in [7, 11) is 3.17. The van der Waals surface area contributed by atoms with Crippen LogP contribution in [0.1, 0.15) is 45.0 Å². The number of carbonyl (C=O) groups excluding carboxylic acids is 2. The van der Waals surface area contributed by atoms with E-state index in [1.165, 1.54) is 0 Å². The summed E-state index contributed by atoms with van der Waals surface area (Å²) >= 11 is 3.26. The second-order valence-corrected chi connectivity index (χ2v) is 8.61. The predicted octanol–water partition coefficient (Wildman–Crippen LogP) is 5.05. The molecule has 0 aliphatic carbocycles. The van der Waals surface area contributed by atoms with Crippen LogP contribution >= 0.6 is 15.9 Å². The number of benzene rings is 2. The van der Waals surface area contributed by atoms with E-state index in [0.29, 0.717) is 47.1 Å². The summed E-state index contributed by atoms with van der Waals surface area (Å²) in [6.45, 7) is 2.74. The lowest BCUT2D eigenvalue weighted by Gasteiger charge is -2.37. The number of amides is 1. The molecule has 8 nitrogen and oxygen atoms in total. The normalized spacial score (nSPS) is 14.7. The fourth-order valence-electron chi connectivity index (χ4n) is 4.10. The molecule has 2 aromatic carbocycles. The Morgan fingerprint density at radius 1 is 1.06 bits per heavy atom. The third-order valence-electron chi connectivity index (χ3n) is 5.82. The molecule has 1 aromatic heterocycles. The number of carbonyl (C=O) groups is 2. The van der Waals surface area contributed by atoms with Gasteiger partial charge in [-0.15, -0.1) is 0 Å². The topological polar surface area (TPSA) is 87.4 Å². The second-order valence-electron chi connectivity index (χ2n) is 7.83. The van der Waals surface area contributed by atoms with Gasteiger partial charge < -0.3 is 28.3 Å². The molecule has 3 aromatic rings. The van der Waals surface area contributed by atoms with E-state index in [1.807, 2.05) is 12.1 Å². The van der Waals surface area contributed by atoms with Crippen molar-refractivity contribution in [2.24, 2.45) is 0 Å². The Bertz CT molecular complexity index is 1200. The number of nitrogens with zero attached hydrogens (tertiary/aromatic N) is 1.